The van der Waals surface area contributed by atoms with Crippen LogP contribution in [0.2, 0.25) is 0 Å². The third-order valence-electron chi connectivity index (χ3n) is 2.37. The molecule has 72 valence electrons. The van der Waals surface area contributed by atoms with Gasteiger partial charge in [-0.2, -0.15) is 0 Å². The predicted octanol–water partition coefficient (Wildman–Crippen LogP) is 3.74. The van der Waals surface area contributed by atoms with Gasteiger partial charge >= 0.3 is 0 Å². The summed E-state index contributed by atoms with van der Waals surface area (Å²) < 4.78 is 0. The molecule has 2 heteroatoms. The molecule has 0 aliphatic heterocycles. The fraction of sp³-hybridized carbons (Fsp3) is 0.167. The monoisotopic (exact) mass is 204 g/mol. The van der Waals surface area contributed by atoms with Crippen molar-refractivity contribution in [1.29, 1.82) is 0 Å². The second kappa shape index (κ2) is 3.46. The molecule has 1 aromatic carbocycles. The molecule has 2 aromatic rings. The van der Waals surface area contributed by atoms with Crippen LogP contribution < -0.4 is 0 Å². The number of benzene rings is 1. The van der Waals surface area contributed by atoms with Crippen molar-refractivity contribution < 1.29 is 5.11 Å². The maximum atomic E-state index is 9.43. The Morgan fingerprint density at radius 1 is 1.07 bits per heavy atom. The largest absolute Gasteiger partial charge is 0.508 e. The Balaban J connectivity index is 2.62. The van der Waals surface area contributed by atoms with Gasteiger partial charge in [0, 0.05) is 4.88 Å². The van der Waals surface area contributed by atoms with E-state index >= 15 is 0 Å². The Kier molecular flexibility index (Phi) is 2.30. The van der Waals surface area contributed by atoms with E-state index in [2.05, 4.69) is 25.3 Å². The summed E-state index contributed by atoms with van der Waals surface area (Å²) in [7, 11) is 0. The molecule has 0 spiro atoms. The standard InChI is InChI=1S/C12H12OS/c1-8-3-4-10(13)7-12(8)11-5-6-14-9(11)2/h3-7,13H,1-2H3. The van der Waals surface area contributed by atoms with E-state index in [-0.39, 0.29) is 0 Å². The lowest BCUT2D eigenvalue weighted by molar-refractivity contribution is 0.475. The van der Waals surface area contributed by atoms with Crippen LogP contribution in [-0.2, 0) is 0 Å². The second-order valence-corrected chi connectivity index (χ2v) is 4.51. The third-order valence-corrected chi connectivity index (χ3v) is 3.22. The molecular weight excluding hydrogens is 192 g/mol. The molecular formula is C12H12OS. The molecule has 0 unspecified atom stereocenters. The van der Waals surface area contributed by atoms with Crippen molar-refractivity contribution >= 4 is 11.3 Å². The summed E-state index contributed by atoms with van der Waals surface area (Å²) in [6, 6.07) is 7.59. The Hall–Kier alpha value is -1.28. The smallest absolute Gasteiger partial charge is 0.116 e. The maximum absolute atomic E-state index is 9.43. The zero-order valence-electron chi connectivity index (χ0n) is 8.24. The molecule has 0 bridgehead atoms. The van der Waals surface area contributed by atoms with Gasteiger partial charge in [-0.05, 0) is 54.1 Å². The Labute approximate surface area is 87.7 Å². The van der Waals surface area contributed by atoms with E-state index < -0.39 is 0 Å². The molecule has 0 saturated carbocycles. The molecule has 0 aliphatic rings. The molecule has 0 fully saturated rings. The average molecular weight is 204 g/mol. The number of rotatable bonds is 1. The lowest BCUT2D eigenvalue weighted by atomic mass is 10.0. The third kappa shape index (κ3) is 1.53. The predicted molar refractivity (Wildman–Crippen MR) is 60.9 cm³/mol. The van der Waals surface area contributed by atoms with E-state index in [9.17, 15) is 5.11 Å². The first kappa shape index (κ1) is 9.28. The number of hydrogen-bond donors (Lipinski definition) is 1. The molecule has 1 N–H and O–H groups in total. The number of aromatic hydroxyl groups is 1. The highest BCUT2D eigenvalue weighted by Gasteiger charge is 2.06. The topological polar surface area (TPSA) is 20.2 Å². The fourth-order valence-electron chi connectivity index (χ4n) is 1.56. The van der Waals surface area contributed by atoms with Gasteiger partial charge in [-0.3, -0.25) is 0 Å². The van der Waals surface area contributed by atoms with Crippen molar-refractivity contribution in [3.05, 3.63) is 40.1 Å². The minimum atomic E-state index is 0.330. The van der Waals surface area contributed by atoms with E-state index in [4.69, 9.17) is 0 Å². The first-order chi connectivity index (χ1) is 6.68. The van der Waals surface area contributed by atoms with Crippen LogP contribution in [-0.4, -0.2) is 5.11 Å². The number of thiophene rings is 1. The van der Waals surface area contributed by atoms with Crippen molar-refractivity contribution in [2.75, 3.05) is 0 Å². The fourth-order valence-corrected chi connectivity index (χ4v) is 2.28. The molecule has 0 amide bonds. The summed E-state index contributed by atoms with van der Waals surface area (Å²) in [5.74, 6) is 0.330. The minimum Gasteiger partial charge on any atom is -0.508 e. The van der Waals surface area contributed by atoms with Crippen LogP contribution in [0.15, 0.2) is 29.6 Å². The summed E-state index contributed by atoms with van der Waals surface area (Å²) in [5.41, 5.74) is 3.55. The lowest BCUT2D eigenvalue weighted by Gasteiger charge is -2.05. The molecule has 0 saturated heterocycles. The highest BCUT2D eigenvalue weighted by atomic mass is 32.1. The van der Waals surface area contributed by atoms with Gasteiger partial charge in [-0.1, -0.05) is 6.07 Å². The summed E-state index contributed by atoms with van der Waals surface area (Å²) in [5, 5.41) is 11.5. The number of aryl methyl sites for hydroxylation is 2. The maximum Gasteiger partial charge on any atom is 0.116 e. The van der Waals surface area contributed by atoms with Gasteiger partial charge < -0.3 is 5.11 Å². The van der Waals surface area contributed by atoms with Crippen LogP contribution in [0.1, 0.15) is 10.4 Å². The Morgan fingerprint density at radius 2 is 1.86 bits per heavy atom. The van der Waals surface area contributed by atoms with Gasteiger partial charge in [-0.25, -0.2) is 0 Å². The van der Waals surface area contributed by atoms with Gasteiger partial charge in [0.1, 0.15) is 5.75 Å². The van der Waals surface area contributed by atoms with Crippen LogP contribution in [0.5, 0.6) is 5.75 Å². The van der Waals surface area contributed by atoms with Gasteiger partial charge in [-0.15, -0.1) is 11.3 Å². The number of phenols is 1. The van der Waals surface area contributed by atoms with E-state index in [0.717, 1.165) is 5.56 Å². The molecule has 1 heterocycles. The lowest BCUT2D eigenvalue weighted by Crippen LogP contribution is -1.82. The minimum absolute atomic E-state index is 0.330. The van der Waals surface area contributed by atoms with Crippen LogP contribution >= 0.6 is 11.3 Å². The molecule has 1 aromatic heterocycles. The summed E-state index contributed by atoms with van der Waals surface area (Å²) >= 11 is 1.73. The van der Waals surface area contributed by atoms with Crippen molar-refractivity contribution in [1.82, 2.24) is 0 Å². The summed E-state index contributed by atoms with van der Waals surface area (Å²) in [6.07, 6.45) is 0. The van der Waals surface area contributed by atoms with Gasteiger partial charge in [0.05, 0.1) is 0 Å². The van der Waals surface area contributed by atoms with Crippen LogP contribution in [0, 0.1) is 13.8 Å². The molecule has 2 rings (SSSR count). The second-order valence-electron chi connectivity index (χ2n) is 3.39. The summed E-state index contributed by atoms with van der Waals surface area (Å²) in [6.45, 7) is 4.16. The van der Waals surface area contributed by atoms with Crippen molar-refractivity contribution in [3.63, 3.8) is 0 Å². The van der Waals surface area contributed by atoms with Crippen LogP contribution in [0.25, 0.3) is 11.1 Å². The zero-order chi connectivity index (χ0) is 10.1. The van der Waals surface area contributed by atoms with E-state index in [1.165, 1.54) is 16.0 Å². The Morgan fingerprint density at radius 3 is 2.50 bits per heavy atom. The van der Waals surface area contributed by atoms with Gasteiger partial charge in [0.25, 0.3) is 0 Å². The number of hydrogen-bond acceptors (Lipinski definition) is 2. The van der Waals surface area contributed by atoms with Crippen LogP contribution in [0.4, 0.5) is 0 Å². The quantitative estimate of drug-likeness (QED) is 0.750. The zero-order valence-corrected chi connectivity index (χ0v) is 9.06. The van der Waals surface area contributed by atoms with Gasteiger partial charge in [0.15, 0.2) is 0 Å². The van der Waals surface area contributed by atoms with Crippen molar-refractivity contribution in [3.8, 4) is 16.9 Å². The number of phenolic OH excluding ortho intramolecular Hbond substituents is 1. The normalized spacial score (nSPS) is 10.4. The first-order valence-electron chi connectivity index (χ1n) is 4.52. The van der Waals surface area contributed by atoms with Gasteiger partial charge in [0.2, 0.25) is 0 Å². The van der Waals surface area contributed by atoms with Crippen molar-refractivity contribution in [2.24, 2.45) is 0 Å². The van der Waals surface area contributed by atoms with Crippen molar-refractivity contribution in [2.45, 2.75) is 13.8 Å². The van der Waals surface area contributed by atoms with E-state index in [0.29, 0.717) is 5.75 Å². The van der Waals surface area contributed by atoms with E-state index in [1.54, 1.807) is 17.4 Å². The Bertz CT molecular complexity index is 457. The molecule has 1 nitrogen and oxygen atoms in total. The highest BCUT2D eigenvalue weighted by Crippen LogP contribution is 2.32. The average Bonchev–Trinajstić information content (AvgIpc) is 2.56. The van der Waals surface area contributed by atoms with Crippen LogP contribution in [0.3, 0.4) is 0 Å². The first-order valence-corrected chi connectivity index (χ1v) is 5.40. The molecule has 0 aliphatic carbocycles. The molecule has 0 radical (unpaired) electrons. The molecule has 0 atom stereocenters. The summed E-state index contributed by atoms with van der Waals surface area (Å²) in [4.78, 5) is 1.29. The highest BCUT2D eigenvalue weighted by molar-refractivity contribution is 7.10. The van der Waals surface area contributed by atoms with E-state index in [1.807, 2.05) is 12.1 Å². The SMILES string of the molecule is Cc1ccc(O)cc1-c1ccsc1C. The molecule has 14 heavy (non-hydrogen) atoms.